The summed E-state index contributed by atoms with van der Waals surface area (Å²) in [5, 5.41) is 0. The lowest BCUT2D eigenvalue weighted by atomic mass is 10.1. The van der Waals surface area contributed by atoms with Crippen LogP contribution in [0.15, 0.2) is 36.5 Å². The number of unbranched alkanes of at least 4 members (excludes halogenated alkanes) is 21. The fraction of sp³-hybridized carbons (Fsp3) is 0.826. The van der Waals surface area contributed by atoms with Crippen LogP contribution in [0, 0.1) is 0 Å². The van der Waals surface area contributed by atoms with Crippen LogP contribution in [0.25, 0.3) is 0 Å². The van der Waals surface area contributed by atoms with Crippen molar-refractivity contribution in [3.05, 3.63) is 36.5 Å². The number of esters is 2. The van der Waals surface area contributed by atoms with Gasteiger partial charge in [-0.05, 0) is 64.2 Å². The molecule has 0 aliphatic carbocycles. The summed E-state index contributed by atoms with van der Waals surface area (Å²) >= 11 is 0. The van der Waals surface area contributed by atoms with Crippen LogP contribution in [-0.2, 0) is 32.7 Å². The van der Waals surface area contributed by atoms with Gasteiger partial charge in [-0.15, -0.1) is 0 Å². The molecule has 0 rings (SSSR count). The first-order chi connectivity index (χ1) is 27.0. The van der Waals surface area contributed by atoms with E-state index < -0.39 is 26.5 Å². The molecule has 1 N–H and O–H groups in total. The quantitative estimate of drug-likeness (QED) is 0.0214. The number of likely N-dealkylation sites (N-methyl/N-ethyl adjacent to an activating group) is 1. The molecule has 0 saturated carbocycles. The van der Waals surface area contributed by atoms with Crippen LogP contribution in [0.1, 0.15) is 194 Å². The van der Waals surface area contributed by atoms with E-state index in [1.807, 2.05) is 21.1 Å². The number of phosphoric ester groups is 1. The predicted molar refractivity (Wildman–Crippen MR) is 234 cm³/mol. The molecule has 0 aromatic heterocycles. The lowest BCUT2D eigenvalue weighted by Gasteiger charge is -2.24. The van der Waals surface area contributed by atoms with Gasteiger partial charge in [-0.1, -0.05) is 153 Å². The summed E-state index contributed by atoms with van der Waals surface area (Å²) in [6.45, 7) is 4.36. The molecule has 56 heavy (non-hydrogen) atoms. The minimum atomic E-state index is -4.37. The molecule has 0 aliphatic rings. The van der Waals surface area contributed by atoms with E-state index in [-0.39, 0.29) is 32.0 Å². The molecular weight excluding hydrogens is 725 g/mol. The minimum Gasteiger partial charge on any atom is -0.462 e. The van der Waals surface area contributed by atoms with Gasteiger partial charge in [-0.25, -0.2) is 4.57 Å². The SMILES string of the molecule is CCCC/C=C\CCCCCCCC(=O)OCC(COP(=O)(O)OCC[N+](C)(C)C)OC(=O)CCCCCCCCCCC/C=C\C/C=C\CCCCCCC. The van der Waals surface area contributed by atoms with Crippen LogP contribution in [0.2, 0.25) is 0 Å². The molecule has 0 radical (unpaired) electrons. The van der Waals surface area contributed by atoms with Gasteiger partial charge in [0.2, 0.25) is 0 Å². The second-order valence-corrected chi connectivity index (χ2v) is 17.9. The molecule has 10 heteroatoms. The summed E-state index contributed by atoms with van der Waals surface area (Å²) < 4.78 is 34.3. The zero-order valence-corrected chi connectivity index (χ0v) is 37.8. The van der Waals surface area contributed by atoms with Crippen molar-refractivity contribution in [3.8, 4) is 0 Å². The Balaban J connectivity index is 4.29. The largest absolute Gasteiger partial charge is 0.472 e. The monoisotopic (exact) mass is 813 g/mol. The average Bonchev–Trinajstić information content (AvgIpc) is 3.15. The maximum atomic E-state index is 12.7. The number of hydrogen-bond acceptors (Lipinski definition) is 7. The van der Waals surface area contributed by atoms with Gasteiger partial charge in [-0.3, -0.25) is 18.6 Å². The molecule has 0 bridgehead atoms. The van der Waals surface area contributed by atoms with E-state index in [1.165, 1.54) is 83.5 Å². The van der Waals surface area contributed by atoms with E-state index in [9.17, 15) is 19.0 Å². The van der Waals surface area contributed by atoms with Crippen molar-refractivity contribution in [2.24, 2.45) is 0 Å². The Labute approximate surface area is 344 Å². The molecular formula is C46H87NO8P+. The molecule has 0 spiro atoms. The summed E-state index contributed by atoms with van der Waals surface area (Å²) in [6.07, 6.45) is 43.4. The molecule has 0 fully saturated rings. The van der Waals surface area contributed by atoms with Crippen molar-refractivity contribution in [2.45, 2.75) is 200 Å². The van der Waals surface area contributed by atoms with Crippen molar-refractivity contribution in [3.63, 3.8) is 0 Å². The molecule has 0 heterocycles. The Morgan fingerprint density at radius 1 is 0.554 bits per heavy atom. The van der Waals surface area contributed by atoms with Gasteiger partial charge in [-0.2, -0.15) is 0 Å². The third kappa shape index (κ3) is 41.9. The normalized spacial score (nSPS) is 13.9. The van der Waals surface area contributed by atoms with Crippen LogP contribution in [0.5, 0.6) is 0 Å². The smallest absolute Gasteiger partial charge is 0.462 e. The third-order valence-electron chi connectivity index (χ3n) is 9.64. The lowest BCUT2D eigenvalue weighted by molar-refractivity contribution is -0.870. The summed E-state index contributed by atoms with van der Waals surface area (Å²) in [5.74, 6) is -0.813. The summed E-state index contributed by atoms with van der Waals surface area (Å²) in [5.41, 5.74) is 0. The Morgan fingerprint density at radius 2 is 0.982 bits per heavy atom. The predicted octanol–water partition coefficient (Wildman–Crippen LogP) is 12.9. The number of rotatable bonds is 41. The van der Waals surface area contributed by atoms with Gasteiger partial charge in [0.05, 0.1) is 27.7 Å². The van der Waals surface area contributed by atoms with E-state index in [0.29, 0.717) is 17.4 Å². The third-order valence-corrected chi connectivity index (χ3v) is 10.6. The van der Waals surface area contributed by atoms with Gasteiger partial charge in [0.25, 0.3) is 0 Å². The highest BCUT2D eigenvalue weighted by Crippen LogP contribution is 2.43. The number of nitrogens with zero attached hydrogens (tertiary/aromatic N) is 1. The van der Waals surface area contributed by atoms with Crippen molar-refractivity contribution in [2.75, 3.05) is 47.5 Å². The first-order valence-corrected chi connectivity index (χ1v) is 24.2. The first-order valence-electron chi connectivity index (χ1n) is 22.7. The number of hydrogen-bond donors (Lipinski definition) is 1. The minimum absolute atomic E-state index is 0.0294. The van der Waals surface area contributed by atoms with E-state index >= 15 is 0 Å². The van der Waals surface area contributed by atoms with Crippen LogP contribution in [0.4, 0.5) is 0 Å². The molecule has 2 unspecified atom stereocenters. The topological polar surface area (TPSA) is 108 Å². The van der Waals surface area contributed by atoms with Crippen molar-refractivity contribution in [1.29, 1.82) is 0 Å². The Kier molecular flexibility index (Phi) is 37.5. The highest BCUT2D eigenvalue weighted by molar-refractivity contribution is 7.47. The van der Waals surface area contributed by atoms with Crippen molar-refractivity contribution < 1.29 is 42.1 Å². The number of phosphoric acid groups is 1. The molecule has 0 saturated heterocycles. The number of ether oxygens (including phenoxy) is 2. The summed E-state index contributed by atoms with van der Waals surface area (Å²) in [4.78, 5) is 35.3. The highest BCUT2D eigenvalue weighted by Gasteiger charge is 2.27. The zero-order chi connectivity index (χ0) is 41.4. The van der Waals surface area contributed by atoms with E-state index in [1.54, 1.807) is 0 Å². The summed E-state index contributed by atoms with van der Waals surface area (Å²) in [6, 6.07) is 0. The van der Waals surface area contributed by atoms with Crippen LogP contribution in [-0.4, -0.2) is 74.9 Å². The second kappa shape index (κ2) is 38.7. The van der Waals surface area contributed by atoms with Crippen molar-refractivity contribution in [1.82, 2.24) is 0 Å². The van der Waals surface area contributed by atoms with Gasteiger partial charge in [0, 0.05) is 12.8 Å². The Morgan fingerprint density at radius 3 is 1.48 bits per heavy atom. The van der Waals surface area contributed by atoms with Crippen molar-refractivity contribution >= 4 is 19.8 Å². The first kappa shape index (κ1) is 54.2. The number of carbonyl (C=O) groups excluding carboxylic acids is 2. The van der Waals surface area contributed by atoms with E-state index in [4.69, 9.17) is 18.5 Å². The molecule has 0 aromatic rings. The summed E-state index contributed by atoms with van der Waals surface area (Å²) in [7, 11) is 1.47. The second-order valence-electron chi connectivity index (χ2n) is 16.4. The molecule has 9 nitrogen and oxygen atoms in total. The molecule has 328 valence electrons. The maximum Gasteiger partial charge on any atom is 0.472 e. The maximum absolute atomic E-state index is 12.7. The van der Waals surface area contributed by atoms with Gasteiger partial charge in [0.1, 0.15) is 19.8 Å². The molecule has 0 amide bonds. The average molecular weight is 813 g/mol. The highest BCUT2D eigenvalue weighted by atomic mass is 31.2. The van der Waals surface area contributed by atoms with Crippen LogP contribution < -0.4 is 0 Å². The number of carbonyl (C=O) groups is 2. The van der Waals surface area contributed by atoms with E-state index in [0.717, 1.165) is 77.0 Å². The molecule has 2 atom stereocenters. The van der Waals surface area contributed by atoms with E-state index in [2.05, 4.69) is 50.3 Å². The fourth-order valence-electron chi connectivity index (χ4n) is 6.02. The lowest BCUT2D eigenvalue weighted by Crippen LogP contribution is -2.37. The standard InChI is InChI=1S/C46H86NO8P/c1-6-8-10-12-14-16-18-19-20-21-22-23-24-25-26-27-29-31-33-35-37-39-46(49)55-44(43-54-56(50,51)53-41-40-47(3,4)5)42-52-45(48)38-36-34-32-30-28-17-15-13-11-9-7-2/h13,15,18-19,21-22,44H,6-12,14,16-17,20,23-43H2,1-5H3/p+1/b15-13-,19-18-,22-21-. The molecule has 0 aromatic carbocycles. The zero-order valence-electron chi connectivity index (χ0n) is 36.9. The Bertz CT molecular complexity index is 1050. The number of allylic oxidation sites excluding steroid dienone is 6. The fourth-order valence-corrected chi connectivity index (χ4v) is 6.77. The van der Waals surface area contributed by atoms with Crippen LogP contribution >= 0.6 is 7.82 Å². The Hall–Kier alpha value is -1.77. The number of quaternary nitrogens is 1. The van der Waals surface area contributed by atoms with Crippen LogP contribution in [0.3, 0.4) is 0 Å². The van der Waals surface area contributed by atoms with Gasteiger partial charge < -0.3 is 18.9 Å². The van der Waals surface area contributed by atoms with Gasteiger partial charge >= 0.3 is 19.8 Å². The van der Waals surface area contributed by atoms with Gasteiger partial charge in [0.15, 0.2) is 6.10 Å². The molecule has 0 aliphatic heterocycles.